The Morgan fingerprint density at radius 2 is 1.67 bits per heavy atom. The summed E-state index contributed by atoms with van der Waals surface area (Å²) in [5.41, 5.74) is 0.394. The van der Waals surface area contributed by atoms with Crippen molar-refractivity contribution < 1.29 is 52.0 Å². The first-order valence-corrected chi connectivity index (χ1v) is 17.9. The number of rotatable bonds is 17. The fraction of sp³-hybridized carbons (Fsp3) is 0.425. The Bertz CT molecular complexity index is 1900. The molecule has 3 aromatic carbocycles. The number of ether oxygens (including phenoxy) is 3. The highest BCUT2D eigenvalue weighted by Gasteiger charge is 2.56. The van der Waals surface area contributed by atoms with Gasteiger partial charge in [0.25, 0.3) is 0 Å². The number of carboxylic acid groups (broad SMARTS) is 1. The second kappa shape index (κ2) is 16.8. The molecule has 3 N–H and O–H groups in total. The van der Waals surface area contributed by atoms with Gasteiger partial charge in [-0.05, 0) is 73.2 Å². The van der Waals surface area contributed by atoms with E-state index in [1.807, 2.05) is 24.3 Å². The normalized spacial score (nSPS) is 20.6. The van der Waals surface area contributed by atoms with E-state index < -0.39 is 71.6 Å². The van der Waals surface area contributed by atoms with Crippen LogP contribution in [0.5, 0.6) is 17.2 Å². The lowest BCUT2D eigenvalue weighted by molar-refractivity contribution is -0.156. The number of hydrogen-bond donors (Lipinski definition) is 3. The van der Waals surface area contributed by atoms with Gasteiger partial charge in [0.2, 0.25) is 17.6 Å². The summed E-state index contributed by atoms with van der Waals surface area (Å²) in [4.78, 5) is 43.4. The van der Waals surface area contributed by atoms with E-state index >= 15 is 0 Å². The molecule has 6 rings (SSSR count). The monoisotopic (exact) mass is 749 g/mol. The maximum Gasteiger partial charge on any atom is 0.305 e. The Labute approximate surface area is 311 Å². The Morgan fingerprint density at radius 3 is 2.35 bits per heavy atom. The lowest BCUT2D eigenvalue weighted by Gasteiger charge is -2.53. The molecule has 2 bridgehead atoms. The molecular weight excluding hydrogens is 707 g/mol. The first-order valence-electron chi connectivity index (χ1n) is 17.9. The van der Waals surface area contributed by atoms with Crippen molar-refractivity contribution in [3.63, 3.8) is 0 Å². The molecule has 1 saturated heterocycles. The van der Waals surface area contributed by atoms with Crippen LogP contribution in [-0.2, 0) is 26.3 Å². The summed E-state index contributed by atoms with van der Waals surface area (Å²) in [5.74, 6) is 1.11. The molecule has 2 aliphatic heterocycles. The fourth-order valence-corrected chi connectivity index (χ4v) is 7.08. The predicted octanol–water partition coefficient (Wildman–Crippen LogP) is 4.19. The second-order valence-electron chi connectivity index (χ2n) is 13.7. The standard InChI is InChI=1S/C40H42F3N3O8/c1-52-30-12-14-31(15-13-30)53-21-19-45(28-10-11-28)39(51)38-40(18-2-5-27(44-40)24-46(38)34(48)22-29(47)23-35(49)50)26-8-6-25(7-9-26)4-3-20-54-37-33(42)17-16-32(41)36(37)43/h6-9,12-17,27-29,38,44,47H,3-4,10-11,18-24H2,1H3,(H,49,50)/t27-,29-,38+,40+/m0/s1. The lowest BCUT2D eigenvalue weighted by Crippen LogP contribution is -2.74. The van der Waals surface area contributed by atoms with Gasteiger partial charge in [0, 0.05) is 19.0 Å². The topological polar surface area (TPSA) is 138 Å². The van der Waals surface area contributed by atoms with Crippen molar-refractivity contribution in [1.82, 2.24) is 15.1 Å². The molecule has 14 heteroatoms. The minimum absolute atomic E-state index is 0.0508. The van der Waals surface area contributed by atoms with E-state index in [9.17, 15) is 37.8 Å². The van der Waals surface area contributed by atoms with E-state index in [-0.39, 0.29) is 44.7 Å². The number of nitrogens with zero attached hydrogens (tertiary/aromatic N) is 2. The van der Waals surface area contributed by atoms with Crippen LogP contribution in [0.25, 0.3) is 0 Å². The highest BCUT2D eigenvalue weighted by atomic mass is 19.2. The van der Waals surface area contributed by atoms with Gasteiger partial charge in [-0.15, -0.1) is 0 Å². The maximum atomic E-state index is 14.9. The molecule has 54 heavy (non-hydrogen) atoms. The number of amides is 2. The van der Waals surface area contributed by atoms with E-state index in [0.717, 1.165) is 24.5 Å². The van der Waals surface area contributed by atoms with Gasteiger partial charge in [0.1, 0.15) is 24.1 Å². The summed E-state index contributed by atoms with van der Waals surface area (Å²) < 4.78 is 58.0. The number of carboxylic acids is 1. The zero-order valence-corrected chi connectivity index (χ0v) is 29.7. The minimum atomic E-state index is -1.45. The third-order valence-corrected chi connectivity index (χ3v) is 9.87. The van der Waals surface area contributed by atoms with Crippen LogP contribution in [0.1, 0.15) is 49.7 Å². The fourth-order valence-electron chi connectivity index (χ4n) is 7.08. The van der Waals surface area contributed by atoms with Crippen LogP contribution >= 0.6 is 0 Å². The molecule has 0 aromatic heterocycles. The number of fused-ring (bicyclic) bond motifs is 2. The number of hydrogen-bond acceptors (Lipinski definition) is 8. The largest absolute Gasteiger partial charge is 0.497 e. The van der Waals surface area contributed by atoms with E-state index in [1.165, 1.54) is 4.90 Å². The molecule has 286 valence electrons. The highest BCUT2D eigenvalue weighted by Crippen LogP contribution is 2.40. The van der Waals surface area contributed by atoms with E-state index in [1.54, 1.807) is 36.3 Å². The van der Waals surface area contributed by atoms with Crippen LogP contribution in [0.3, 0.4) is 0 Å². The number of carbonyl (C=O) groups excluding carboxylic acids is 2. The van der Waals surface area contributed by atoms with Crippen molar-refractivity contribution in [3.8, 4) is 29.1 Å². The Morgan fingerprint density at radius 1 is 0.963 bits per heavy atom. The third kappa shape index (κ3) is 8.75. The van der Waals surface area contributed by atoms with E-state index in [4.69, 9.17) is 14.2 Å². The zero-order chi connectivity index (χ0) is 38.4. The number of aliphatic hydroxyl groups excluding tert-OH is 1. The molecule has 4 atom stereocenters. The average Bonchev–Trinajstić information content (AvgIpc) is 4.00. The number of aliphatic carboxylic acids is 1. The van der Waals surface area contributed by atoms with Crippen molar-refractivity contribution in [2.24, 2.45) is 0 Å². The third-order valence-electron chi connectivity index (χ3n) is 9.87. The van der Waals surface area contributed by atoms with Crippen molar-refractivity contribution >= 4 is 17.8 Å². The predicted molar refractivity (Wildman–Crippen MR) is 189 cm³/mol. The summed E-state index contributed by atoms with van der Waals surface area (Å²) in [5, 5.41) is 23.3. The molecule has 3 aromatic rings. The molecule has 11 nitrogen and oxygen atoms in total. The summed E-state index contributed by atoms with van der Waals surface area (Å²) in [7, 11) is 1.57. The Kier molecular flexibility index (Phi) is 12.0. The number of aliphatic hydroxyl groups is 1. The molecule has 2 amide bonds. The molecule has 2 heterocycles. The average molecular weight is 750 g/mol. The minimum Gasteiger partial charge on any atom is -0.497 e. The molecule has 0 unspecified atom stereocenters. The molecule has 1 saturated carbocycles. The number of nitrogens with one attached hydrogen (secondary N) is 1. The van der Waals surface area contributed by atoms with Crippen LogP contribution in [0.15, 0.2) is 60.7 Å². The Hall–Kier alpha value is -5.26. The smallest absolute Gasteiger partial charge is 0.305 e. The number of benzene rings is 3. The summed E-state index contributed by atoms with van der Waals surface area (Å²) >= 11 is 0. The molecule has 3 aliphatic rings. The van der Waals surface area contributed by atoms with E-state index in [2.05, 4.69) is 17.2 Å². The van der Waals surface area contributed by atoms with E-state index in [0.29, 0.717) is 36.0 Å². The van der Waals surface area contributed by atoms with Gasteiger partial charge in [0.05, 0.1) is 50.8 Å². The SMILES string of the molecule is COc1ccc(OCCN(C(=O)[C@H]2N(C(=O)C[C@H](O)CC(=O)O)C[C@@H]3C#CC[C@]2(c2ccc(CCCOc4c(F)ccc(F)c4F)cc2)N3)C2CC2)cc1. The highest BCUT2D eigenvalue weighted by molar-refractivity contribution is 5.91. The number of carbonyl (C=O) groups is 3. The first kappa shape index (κ1) is 38.5. The molecular formula is C40H42F3N3O8. The van der Waals surface area contributed by atoms with Crippen molar-refractivity contribution in [2.75, 3.05) is 33.4 Å². The van der Waals surface area contributed by atoms with Crippen LogP contribution in [0.4, 0.5) is 13.2 Å². The van der Waals surface area contributed by atoms with Gasteiger partial charge in [-0.2, -0.15) is 4.39 Å². The Balaban J connectivity index is 1.23. The van der Waals surface area contributed by atoms with Crippen molar-refractivity contribution in [1.29, 1.82) is 0 Å². The maximum absolute atomic E-state index is 14.9. The zero-order valence-electron chi connectivity index (χ0n) is 29.7. The van der Waals surface area contributed by atoms with Crippen LogP contribution in [0.2, 0.25) is 0 Å². The molecule has 1 aliphatic carbocycles. The summed E-state index contributed by atoms with van der Waals surface area (Å²) in [6.45, 7) is 0.412. The van der Waals surface area contributed by atoms with Gasteiger partial charge in [-0.1, -0.05) is 36.1 Å². The molecule has 0 radical (unpaired) electrons. The van der Waals surface area contributed by atoms with Crippen molar-refractivity contribution in [2.45, 2.75) is 74.7 Å². The second-order valence-corrected chi connectivity index (χ2v) is 13.7. The van der Waals surface area contributed by atoms with Gasteiger partial charge in [0.15, 0.2) is 17.4 Å². The quantitative estimate of drug-likeness (QED) is 0.105. The molecule has 2 fully saturated rings. The van der Waals surface area contributed by atoms with Gasteiger partial charge in [-0.25, -0.2) is 8.78 Å². The number of halogens is 3. The molecule has 0 spiro atoms. The summed E-state index contributed by atoms with van der Waals surface area (Å²) in [6, 6.07) is 14.3. The van der Waals surface area contributed by atoms with Gasteiger partial charge in [-0.3, -0.25) is 19.7 Å². The van der Waals surface area contributed by atoms with Gasteiger partial charge >= 0.3 is 5.97 Å². The van der Waals surface area contributed by atoms with Crippen LogP contribution in [0, 0.1) is 29.3 Å². The number of piperazine rings is 1. The van der Waals surface area contributed by atoms with Crippen LogP contribution in [-0.4, -0.2) is 95.4 Å². The van der Waals surface area contributed by atoms with Gasteiger partial charge < -0.3 is 34.2 Å². The lowest BCUT2D eigenvalue weighted by atomic mass is 9.73. The number of methoxy groups -OCH3 is 1. The van der Waals surface area contributed by atoms with Crippen molar-refractivity contribution in [3.05, 3.63) is 89.2 Å². The summed E-state index contributed by atoms with van der Waals surface area (Å²) in [6.07, 6.45) is 0.0130. The van der Waals surface area contributed by atoms with Crippen LogP contribution < -0.4 is 19.5 Å². The number of aryl methyl sites for hydroxylation is 1. The first-order chi connectivity index (χ1) is 26.0.